The Morgan fingerprint density at radius 2 is 2.24 bits per heavy atom. The molecule has 1 atom stereocenters. The lowest BCUT2D eigenvalue weighted by atomic mass is 10.3. The lowest BCUT2D eigenvalue weighted by Crippen LogP contribution is -2.23. The molecule has 0 aliphatic heterocycles. The number of rotatable bonds is 4. The van der Waals surface area contributed by atoms with Gasteiger partial charge in [-0.05, 0) is 6.92 Å². The first kappa shape index (κ1) is 13.2. The summed E-state index contributed by atoms with van der Waals surface area (Å²) in [5, 5.41) is 18.8. The van der Waals surface area contributed by atoms with Gasteiger partial charge in [-0.3, -0.25) is 10.1 Å². The Morgan fingerprint density at radius 3 is 2.71 bits per heavy atom. The van der Waals surface area contributed by atoms with Gasteiger partial charge in [0.15, 0.2) is 6.10 Å². The first-order chi connectivity index (χ1) is 7.82. The van der Waals surface area contributed by atoms with Crippen LogP contribution in [0.2, 0.25) is 5.02 Å². The van der Waals surface area contributed by atoms with Crippen LogP contribution in [0.4, 0.5) is 10.1 Å². The fourth-order valence-corrected chi connectivity index (χ4v) is 1.18. The van der Waals surface area contributed by atoms with Crippen LogP contribution in [0.5, 0.6) is 5.75 Å². The Morgan fingerprint density at radius 1 is 1.65 bits per heavy atom. The molecule has 0 saturated carbocycles. The van der Waals surface area contributed by atoms with Crippen LogP contribution in [0.25, 0.3) is 0 Å². The Labute approximate surface area is 99.7 Å². The van der Waals surface area contributed by atoms with Gasteiger partial charge in [-0.25, -0.2) is 4.79 Å². The fourth-order valence-electron chi connectivity index (χ4n) is 0.989. The first-order valence-corrected chi connectivity index (χ1v) is 4.73. The topological polar surface area (TPSA) is 89.7 Å². The highest BCUT2D eigenvalue weighted by atomic mass is 35.5. The number of nitro groups is 1. The highest BCUT2D eigenvalue weighted by molar-refractivity contribution is 6.32. The van der Waals surface area contributed by atoms with Crippen LogP contribution in [0, 0.1) is 15.9 Å². The van der Waals surface area contributed by atoms with E-state index in [9.17, 15) is 19.3 Å². The molecule has 0 radical (unpaired) electrons. The van der Waals surface area contributed by atoms with Crippen LogP contribution in [0.1, 0.15) is 6.92 Å². The summed E-state index contributed by atoms with van der Waals surface area (Å²) >= 11 is 5.57. The third-order valence-corrected chi connectivity index (χ3v) is 2.14. The number of hydrogen-bond acceptors (Lipinski definition) is 4. The molecule has 0 aromatic heterocycles. The number of carboxylic acids is 1. The minimum Gasteiger partial charge on any atom is -0.479 e. The molecule has 0 saturated heterocycles. The van der Waals surface area contributed by atoms with Crippen molar-refractivity contribution in [2.24, 2.45) is 0 Å². The number of nitro benzene ring substituents is 1. The summed E-state index contributed by atoms with van der Waals surface area (Å²) in [7, 11) is 0. The van der Waals surface area contributed by atoms with Gasteiger partial charge in [0.25, 0.3) is 0 Å². The van der Waals surface area contributed by atoms with E-state index in [1.165, 1.54) is 6.92 Å². The minimum atomic E-state index is -1.27. The molecule has 0 aliphatic rings. The van der Waals surface area contributed by atoms with Crippen LogP contribution in [-0.2, 0) is 4.79 Å². The highest BCUT2D eigenvalue weighted by Crippen LogP contribution is 2.32. The van der Waals surface area contributed by atoms with Gasteiger partial charge in [-0.1, -0.05) is 11.6 Å². The second kappa shape index (κ2) is 4.96. The van der Waals surface area contributed by atoms with Gasteiger partial charge in [-0.15, -0.1) is 0 Å². The van der Waals surface area contributed by atoms with E-state index in [1.54, 1.807) is 0 Å². The summed E-state index contributed by atoms with van der Waals surface area (Å²) in [6, 6.07) is 1.45. The molecule has 0 heterocycles. The molecular weight excluding hydrogens is 257 g/mol. The number of ether oxygens (including phenoxy) is 1. The van der Waals surface area contributed by atoms with Gasteiger partial charge in [0, 0.05) is 6.07 Å². The minimum absolute atomic E-state index is 0.235. The van der Waals surface area contributed by atoms with Crippen molar-refractivity contribution >= 4 is 23.3 Å². The van der Waals surface area contributed by atoms with Crippen molar-refractivity contribution in [2.45, 2.75) is 13.0 Å². The average Bonchev–Trinajstić information content (AvgIpc) is 2.21. The van der Waals surface area contributed by atoms with E-state index < -0.39 is 28.5 Å². The molecule has 0 unspecified atom stereocenters. The van der Waals surface area contributed by atoms with E-state index in [-0.39, 0.29) is 10.8 Å². The SMILES string of the molecule is C[C@@H](Oc1cc([N+](=O)[O-])c(F)cc1Cl)C(=O)O. The Bertz CT molecular complexity index is 479. The summed E-state index contributed by atoms with van der Waals surface area (Å²) in [5.74, 6) is -2.64. The maximum atomic E-state index is 13.1. The van der Waals surface area contributed by atoms with Gasteiger partial charge in [0.2, 0.25) is 5.82 Å². The molecule has 0 amide bonds. The van der Waals surface area contributed by atoms with Crippen LogP contribution >= 0.6 is 11.6 Å². The van der Waals surface area contributed by atoms with Gasteiger partial charge >= 0.3 is 11.7 Å². The van der Waals surface area contributed by atoms with E-state index in [0.717, 1.165) is 6.07 Å². The van der Waals surface area contributed by atoms with Crippen LogP contribution < -0.4 is 4.74 Å². The standard InChI is InChI=1S/C9H7ClFNO5/c1-4(9(13)14)17-8-3-7(12(15)16)6(11)2-5(8)10/h2-4H,1H3,(H,13,14)/t4-/m1/s1. The summed E-state index contributed by atoms with van der Waals surface area (Å²) in [6.07, 6.45) is -1.25. The van der Waals surface area contributed by atoms with Crippen molar-refractivity contribution < 1.29 is 24.0 Å². The predicted octanol–water partition coefficient (Wildman–Crippen LogP) is 2.24. The molecule has 1 aromatic carbocycles. The third kappa shape index (κ3) is 3.04. The van der Waals surface area contributed by atoms with E-state index in [0.29, 0.717) is 6.07 Å². The maximum Gasteiger partial charge on any atom is 0.344 e. The van der Waals surface area contributed by atoms with Crippen molar-refractivity contribution in [1.29, 1.82) is 0 Å². The lowest BCUT2D eigenvalue weighted by Gasteiger charge is -2.11. The summed E-state index contributed by atoms with van der Waals surface area (Å²) in [4.78, 5) is 20.0. The number of benzene rings is 1. The molecule has 92 valence electrons. The van der Waals surface area contributed by atoms with Crippen LogP contribution in [0.15, 0.2) is 12.1 Å². The molecule has 17 heavy (non-hydrogen) atoms. The fraction of sp³-hybridized carbons (Fsp3) is 0.222. The number of carbonyl (C=O) groups is 1. The van der Waals surface area contributed by atoms with Gasteiger partial charge in [0.1, 0.15) is 5.75 Å². The molecule has 1 N–H and O–H groups in total. The summed E-state index contributed by atoms with van der Waals surface area (Å²) in [5.41, 5.74) is -0.831. The Kier molecular flexibility index (Phi) is 3.84. The molecular formula is C9H7ClFNO5. The largest absolute Gasteiger partial charge is 0.479 e. The molecule has 0 fully saturated rings. The van der Waals surface area contributed by atoms with Crippen molar-refractivity contribution in [2.75, 3.05) is 0 Å². The first-order valence-electron chi connectivity index (χ1n) is 4.36. The summed E-state index contributed by atoms with van der Waals surface area (Å²) in [6.45, 7) is 1.22. The molecule has 0 aliphatic carbocycles. The molecule has 0 bridgehead atoms. The van der Waals surface area contributed by atoms with Crippen molar-refractivity contribution in [1.82, 2.24) is 0 Å². The molecule has 6 nitrogen and oxygen atoms in total. The van der Waals surface area contributed by atoms with Gasteiger partial charge < -0.3 is 9.84 Å². The quantitative estimate of drug-likeness (QED) is 0.664. The zero-order valence-electron chi connectivity index (χ0n) is 8.52. The Hall–Kier alpha value is -1.89. The summed E-state index contributed by atoms with van der Waals surface area (Å²) < 4.78 is 17.9. The van der Waals surface area contributed by atoms with E-state index in [2.05, 4.69) is 0 Å². The van der Waals surface area contributed by atoms with E-state index in [1.807, 2.05) is 0 Å². The zero-order valence-corrected chi connectivity index (χ0v) is 9.27. The molecule has 1 rings (SSSR count). The smallest absolute Gasteiger partial charge is 0.344 e. The number of carboxylic acid groups (broad SMARTS) is 1. The Balaban J connectivity index is 3.12. The normalized spacial score (nSPS) is 11.9. The third-order valence-electron chi connectivity index (χ3n) is 1.85. The molecule has 8 heteroatoms. The molecule has 1 aromatic rings. The van der Waals surface area contributed by atoms with Crippen LogP contribution in [0.3, 0.4) is 0 Å². The zero-order chi connectivity index (χ0) is 13.2. The number of hydrogen-bond donors (Lipinski definition) is 1. The predicted molar refractivity (Wildman–Crippen MR) is 55.8 cm³/mol. The lowest BCUT2D eigenvalue weighted by molar-refractivity contribution is -0.387. The number of nitrogens with zero attached hydrogens (tertiary/aromatic N) is 1. The van der Waals surface area contributed by atoms with E-state index >= 15 is 0 Å². The second-order valence-electron chi connectivity index (χ2n) is 3.09. The monoisotopic (exact) mass is 263 g/mol. The van der Waals surface area contributed by atoms with Gasteiger partial charge in [-0.2, -0.15) is 4.39 Å². The molecule has 0 spiro atoms. The van der Waals surface area contributed by atoms with Crippen molar-refractivity contribution in [3.8, 4) is 5.75 Å². The van der Waals surface area contributed by atoms with Gasteiger partial charge in [0.05, 0.1) is 16.0 Å². The average molecular weight is 264 g/mol. The highest BCUT2D eigenvalue weighted by Gasteiger charge is 2.21. The maximum absolute atomic E-state index is 13.1. The van der Waals surface area contributed by atoms with Crippen molar-refractivity contribution in [3.63, 3.8) is 0 Å². The van der Waals surface area contributed by atoms with Crippen LogP contribution in [-0.4, -0.2) is 22.1 Å². The number of aliphatic carboxylic acids is 1. The number of halogens is 2. The van der Waals surface area contributed by atoms with Crippen molar-refractivity contribution in [3.05, 3.63) is 33.1 Å². The van der Waals surface area contributed by atoms with E-state index in [4.69, 9.17) is 21.4 Å². The second-order valence-corrected chi connectivity index (χ2v) is 3.50.